The number of nitrogens with zero attached hydrogens (tertiary/aromatic N) is 3. The average molecular weight is 296 g/mol. The summed E-state index contributed by atoms with van der Waals surface area (Å²) >= 11 is 5.57. The Kier molecular flexibility index (Phi) is 5.21. The van der Waals surface area contributed by atoms with Gasteiger partial charge in [0.25, 0.3) is 0 Å². The van der Waals surface area contributed by atoms with E-state index in [1.807, 2.05) is 12.4 Å². The van der Waals surface area contributed by atoms with Crippen LogP contribution in [0, 0.1) is 0 Å². The molecule has 5 heteroatoms. The van der Waals surface area contributed by atoms with Crippen LogP contribution in [0.3, 0.4) is 0 Å². The summed E-state index contributed by atoms with van der Waals surface area (Å²) in [7, 11) is -1.39. The molecule has 0 amide bonds. The van der Waals surface area contributed by atoms with Gasteiger partial charge in [0.2, 0.25) is 0 Å². The Balaban J connectivity index is 3.01. The Bertz CT molecular complexity index is 427. The molecule has 0 aromatic carbocycles. The quantitative estimate of drug-likeness (QED) is 0.631. The lowest BCUT2D eigenvalue weighted by Crippen LogP contribution is -2.43. The first kappa shape index (κ1) is 16.2. The van der Waals surface area contributed by atoms with E-state index in [2.05, 4.69) is 62.2 Å². The number of aromatic nitrogens is 2. The topological polar surface area (TPSA) is 29.0 Å². The molecular weight excluding hydrogens is 270 g/mol. The lowest BCUT2D eigenvalue weighted by Gasteiger charge is -2.32. The van der Waals surface area contributed by atoms with Gasteiger partial charge in [0.05, 0.1) is 6.20 Å². The Morgan fingerprint density at radius 3 is 1.89 bits per heavy atom. The van der Waals surface area contributed by atoms with Crippen LogP contribution in [0.2, 0.25) is 19.6 Å². The highest BCUT2D eigenvalue weighted by molar-refractivity contribution is 7.80. The smallest absolute Gasteiger partial charge is 0.129 e. The van der Waals surface area contributed by atoms with Crippen LogP contribution in [0.1, 0.15) is 33.4 Å². The zero-order chi connectivity index (χ0) is 14.8. The molecule has 0 aliphatic heterocycles. The average Bonchev–Trinajstić information content (AvgIpc) is 2.27. The molecular formula is C14H25N3SSi. The van der Waals surface area contributed by atoms with E-state index < -0.39 is 8.07 Å². The second-order valence-electron chi connectivity index (χ2n) is 6.44. The molecule has 0 saturated heterocycles. The normalized spacial score (nSPS) is 12.1. The maximum Gasteiger partial charge on any atom is 0.129 e. The standard InChI is InChI=1S/C14H25N3SSi/c1-10(2)17(11(3)4)14(18)12-8-16-13(9-15-12)19(5,6)7/h8-11H,1-7H3. The van der Waals surface area contributed by atoms with Crippen LogP contribution in [0.25, 0.3) is 0 Å². The van der Waals surface area contributed by atoms with Gasteiger partial charge in [-0.25, -0.2) is 0 Å². The Morgan fingerprint density at radius 2 is 1.58 bits per heavy atom. The van der Waals surface area contributed by atoms with Crippen molar-refractivity contribution < 1.29 is 0 Å². The highest BCUT2D eigenvalue weighted by atomic mass is 32.1. The third-order valence-electron chi connectivity index (χ3n) is 2.99. The molecule has 1 aromatic rings. The van der Waals surface area contributed by atoms with E-state index in [9.17, 15) is 0 Å². The monoisotopic (exact) mass is 295 g/mol. The summed E-state index contributed by atoms with van der Waals surface area (Å²) in [5.74, 6) is 0. The van der Waals surface area contributed by atoms with Crippen molar-refractivity contribution in [2.45, 2.75) is 59.4 Å². The molecule has 0 spiro atoms. The Morgan fingerprint density at radius 1 is 1.05 bits per heavy atom. The van der Waals surface area contributed by atoms with E-state index in [0.717, 1.165) is 16.0 Å². The SMILES string of the molecule is CC(C)N(C(=S)c1cnc([Si](C)(C)C)cn1)C(C)C. The van der Waals surface area contributed by atoms with Crippen LogP contribution in [0.4, 0.5) is 0 Å². The maximum atomic E-state index is 5.57. The minimum absolute atomic E-state index is 0.367. The minimum atomic E-state index is -1.39. The van der Waals surface area contributed by atoms with Crippen molar-refractivity contribution in [1.82, 2.24) is 14.9 Å². The van der Waals surface area contributed by atoms with Gasteiger partial charge in [-0.1, -0.05) is 31.9 Å². The lowest BCUT2D eigenvalue weighted by molar-refractivity contribution is 0.297. The first-order valence-electron chi connectivity index (χ1n) is 6.79. The molecule has 0 aliphatic rings. The molecule has 0 atom stereocenters. The number of thiocarbonyl (C=S) groups is 1. The van der Waals surface area contributed by atoms with Crippen LogP contribution < -0.4 is 5.32 Å². The molecule has 0 radical (unpaired) electrons. The van der Waals surface area contributed by atoms with Gasteiger partial charge in [-0.3, -0.25) is 9.97 Å². The summed E-state index contributed by atoms with van der Waals surface area (Å²) in [6.45, 7) is 15.4. The third kappa shape index (κ3) is 4.08. The number of hydrogen-bond donors (Lipinski definition) is 0. The Labute approximate surface area is 123 Å². The van der Waals surface area contributed by atoms with E-state index in [1.165, 1.54) is 0 Å². The van der Waals surface area contributed by atoms with Crippen molar-refractivity contribution in [2.75, 3.05) is 0 Å². The fourth-order valence-corrected chi connectivity index (χ4v) is 3.45. The van der Waals surface area contributed by atoms with E-state index in [4.69, 9.17) is 12.2 Å². The van der Waals surface area contributed by atoms with Gasteiger partial charge < -0.3 is 4.90 Å². The highest BCUT2D eigenvalue weighted by Crippen LogP contribution is 2.11. The van der Waals surface area contributed by atoms with Crippen molar-refractivity contribution in [3.8, 4) is 0 Å². The predicted octanol–water partition coefficient (Wildman–Crippen LogP) is 2.82. The summed E-state index contributed by atoms with van der Waals surface area (Å²) in [4.78, 5) is 12.1. The molecule has 1 heterocycles. The zero-order valence-corrected chi connectivity index (χ0v) is 14.9. The molecule has 0 bridgehead atoms. The summed E-state index contributed by atoms with van der Waals surface area (Å²) in [5, 5.41) is 1.12. The molecule has 106 valence electrons. The van der Waals surface area contributed by atoms with Gasteiger partial charge >= 0.3 is 0 Å². The molecule has 1 rings (SSSR count). The van der Waals surface area contributed by atoms with Gasteiger partial charge in [0, 0.05) is 23.6 Å². The molecule has 0 N–H and O–H groups in total. The van der Waals surface area contributed by atoms with Crippen molar-refractivity contribution >= 4 is 30.6 Å². The van der Waals surface area contributed by atoms with Crippen LogP contribution >= 0.6 is 12.2 Å². The van der Waals surface area contributed by atoms with Gasteiger partial charge in [-0.2, -0.15) is 0 Å². The van der Waals surface area contributed by atoms with Crippen molar-refractivity contribution in [3.63, 3.8) is 0 Å². The second kappa shape index (κ2) is 6.09. The van der Waals surface area contributed by atoms with Gasteiger partial charge in [-0.15, -0.1) is 0 Å². The molecule has 19 heavy (non-hydrogen) atoms. The van der Waals surface area contributed by atoms with Crippen molar-refractivity contribution in [2.24, 2.45) is 0 Å². The molecule has 0 aliphatic carbocycles. The summed E-state index contributed by atoms with van der Waals surface area (Å²) in [5.41, 5.74) is 0.805. The summed E-state index contributed by atoms with van der Waals surface area (Å²) in [6, 6.07) is 0.733. The predicted molar refractivity (Wildman–Crippen MR) is 88.8 cm³/mol. The van der Waals surface area contributed by atoms with Gasteiger partial charge in [0.15, 0.2) is 0 Å². The van der Waals surface area contributed by atoms with Gasteiger partial charge in [0.1, 0.15) is 18.8 Å². The highest BCUT2D eigenvalue weighted by Gasteiger charge is 2.22. The molecule has 0 fully saturated rings. The molecule has 3 nitrogen and oxygen atoms in total. The number of hydrogen-bond acceptors (Lipinski definition) is 3. The zero-order valence-electron chi connectivity index (χ0n) is 13.1. The minimum Gasteiger partial charge on any atom is -0.356 e. The van der Waals surface area contributed by atoms with Crippen molar-refractivity contribution in [3.05, 3.63) is 18.1 Å². The first-order valence-corrected chi connectivity index (χ1v) is 10.7. The van der Waals surface area contributed by atoms with Crippen LogP contribution in [-0.2, 0) is 0 Å². The van der Waals surface area contributed by atoms with Crippen LogP contribution in [0.15, 0.2) is 12.4 Å². The van der Waals surface area contributed by atoms with E-state index in [1.54, 1.807) is 0 Å². The molecule has 0 unspecified atom stereocenters. The van der Waals surface area contributed by atoms with Gasteiger partial charge in [-0.05, 0) is 27.7 Å². The Hall–Kier alpha value is -0.813. The summed E-state index contributed by atoms with van der Waals surface area (Å²) < 4.78 is 0. The number of rotatable bonds is 4. The van der Waals surface area contributed by atoms with E-state index in [-0.39, 0.29) is 0 Å². The fraction of sp³-hybridized carbons (Fsp3) is 0.643. The van der Waals surface area contributed by atoms with E-state index in [0.29, 0.717) is 12.1 Å². The molecule has 0 saturated carbocycles. The third-order valence-corrected chi connectivity index (χ3v) is 5.20. The second-order valence-corrected chi connectivity index (χ2v) is 11.8. The lowest BCUT2D eigenvalue weighted by atomic mass is 10.2. The van der Waals surface area contributed by atoms with Crippen LogP contribution in [-0.4, -0.2) is 40.0 Å². The maximum absolute atomic E-state index is 5.57. The first-order chi connectivity index (χ1) is 8.64. The largest absolute Gasteiger partial charge is 0.356 e. The molecule has 1 aromatic heterocycles. The van der Waals surface area contributed by atoms with Crippen LogP contribution in [0.5, 0.6) is 0 Å². The van der Waals surface area contributed by atoms with E-state index >= 15 is 0 Å². The van der Waals surface area contributed by atoms with Crippen molar-refractivity contribution in [1.29, 1.82) is 0 Å². The fourth-order valence-electron chi connectivity index (χ4n) is 2.02. The summed E-state index contributed by atoms with van der Waals surface area (Å²) in [6.07, 6.45) is 3.72.